The Morgan fingerprint density at radius 1 is 1.13 bits per heavy atom. The van der Waals surface area contributed by atoms with Gasteiger partial charge < -0.3 is 9.84 Å². The Balaban J connectivity index is 1.28. The first-order valence-electron chi connectivity index (χ1n) is 10.6. The summed E-state index contributed by atoms with van der Waals surface area (Å²) in [5, 5.41) is 7.76. The molecule has 1 aromatic heterocycles. The number of rotatable bonds is 8. The van der Waals surface area contributed by atoms with Crippen LogP contribution in [0.2, 0.25) is 0 Å². The molecule has 0 atom stereocenters. The number of hydrogen-bond acceptors (Lipinski definition) is 5. The second-order valence-electron chi connectivity index (χ2n) is 8.15. The molecular weight excluding hydrogens is 414 g/mol. The molecule has 1 saturated carbocycles. The predicted octanol–water partition coefficient (Wildman–Crippen LogP) is 3.26. The van der Waals surface area contributed by atoms with Gasteiger partial charge in [0.1, 0.15) is 5.69 Å². The van der Waals surface area contributed by atoms with Gasteiger partial charge in [0.2, 0.25) is 15.9 Å². The van der Waals surface area contributed by atoms with Crippen molar-refractivity contribution in [2.45, 2.75) is 56.4 Å². The van der Waals surface area contributed by atoms with Crippen molar-refractivity contribution in [3.05, 3.63) is 59.3 Å². The summed E-state index contributed by atoms with van der Waals surface area (Å²) < 4.78 is 33.0. The molecule has 2 aromatic carbocycles. The van der Waals surface area contributed by atoms with E-state index in [0.717, 1.165) is 42.2 Å². The van der Waals surface area contributed by atoms with E-state index in [1.54, 1.807) is 24.3 Å². The van der Waals surface area contributed by atoms with Crippen molar-refractivity contribution in [3.63, 3.8) is 0 Å². The molecule has 3 aromatic rings. The first-order chi connectivity index (χ1) is 14.9. The van der Waals surface area contributed by atoms with Gasteiger partial charge in [-0.3, -0.25) is 4.79 Å². The molecule has 0 spiro atoms. The van der Waals surface area contributed by atoms with Gasteiger partial charge in [0, 0.05) is 18.0 Å². The lowest BCUT2D eigenvalue weighted by Gasteiger charge is -2.13. The third-order valence-corrected chi connectivity index (χ3v) is 7.21. The van der Waals surface area contributed by atoms with E-state index in [2.05, 4.69) is 15.2 Å². The summed E-state index contributed by atoms with van der Waals surface area (Å²) in [6, 6.07) is 12.6. The first kappa shape index (κ1) is 21.5. The lowest BCUT2D eigenvalue weighted by Crippen LogP contribution is -2.32. The molecule has 1 aliphatic carbocycles. The maximum absolute atomic E-state index is 12.5. The normalized spacial score (nSPS) is 14.9. The first-order valence-corrected chi connectivity index (χ1v) is 12.1. The topological polar surface area (TPSA) is 101 Å². The van der Waals surface area contributed by atoms with Crippen molar-refractivity contribution in [3.8, 4) is 0 Å². The number of carbonyl (C=O) groups excluding carboxylic acids is 1. The molecule has 2 N–H and O–H groups in total. The molecule has 1 amide bonds. The number of aryl methyl sites for hydroxylation is 1. The summed E-state index contributed by atoms with van der Waals surface area (Å²) in [5.41, 5.74) is 3.34. The third-order valence-electron chi connectivity index (χ3n) is 5.67. The molecule has 4 rings (SSSR count). The van der Waals surface area contributed by atoms with Crippen molar-refractivity contribution >= 4 is 26.9 Å². The Morgan fingerprint density at radius 3 is 2.61 bits per heavy atom. The van der Waals surface area contributed by atoms with Crippen molar-refractivity contribution < 1.29 is 17.7 Å². The molecule has 31 heavy (non-hydrogen) atoms. The van der Waals surface area contributed by atoms with Gasteiger partial charge in [-0.25, -0.2) is 13.1 Å². The lowest BCUT2D eigenvalue weighted by molar-refractivity contribution is -0.120. The smallest absolute Gasteiger partial charge is 0.240 e. The Hall–Kier alpha value is -2.71. The van der Waals surface area contributed by atoms with Crippen LogP contribution in [0.3, 0.4) is 0 Å². The van der Waals surface area contributed by atoms with E-state index >= 15 is 0 Å². The van der Waals surface area contributed by atoms with Gasteiger partial charge in [-0.2, -0.15) is 0 Å². The maximum Gasteiger partial charge on any atom is 0.240 e. The Bertz CT molecular complexity index is 1160. The lowest BCUT2D eigenvalue weighted by atomic mass is 10.1. The largest absolute Gasteiger partial charge is 0.356 e. The van der Waals surface area contributed by atoms with Gasteiger partial charge in [-0.05, 0) is 56.0 Å². The van der Waals surface area contributed by atoms with E-state index < -0.39 is 10.0 Å². The van der Waals surface area contributed by atoms with Crippen molar-refractivity contribution in [2.75, 3.05) is 6.54 Å². The average molecular weight is 442 g/mol. The summed E-state index contributed by atoms with van der Waals surface area (Å²) in [7, 11) is -3.48. The van der Waals surface area contributed by atoms with Crippen LogP contribution >= 0.6 is 0 Å². The van der Waals surface area contributed by atoms with Gasteiger partial charge in [0.15, 0.2) is 5.58 Å². The van der Waals surface area contributed by atoms with E-state index in [1.165, 1.54) is 0 Å². The summed E-state index contributed by atoms with van der Waals surface area (Å²) in [5.74, 6) is -0.128. The van der Waals surface area contributed by atoms with Crippen LogP contribution < -0.4 is 10.0 Å². The van der Waals surface area contributed by atoms with E-state index in [0.29, 0.717) is 24.2 Å². The monoisotopic (exact) mass is 441 g/mol. The SMILES string of the molecule is Cc1ccc2onc(CC(=O)NCCc3ccc(S(=O)(=O)NC4CCCC4)cc3)c2c1. The molecule has 1 heterocycles. The number of fused-ring (bicyclic) bond motifs is 1. The molecule has 8 heteroatoms. The second kappa shape index (κ2) is 9.20. The number of benzene rings is 2. The average Bonchev–Trinajstić information content (AvgIpc) is 3.38. The number of aromatic nitrogens is 1. The van der Waals surface area contributed by atoms with Crippen molar-refractivity contribution in [1.82, 2.24) is 15.2 Å². The molecular formula is C23H27N3O4S. The number of sulfonamides is 1. The maximum atomic E-state index is 12.5. The molecule has 164 valence electrons. The zero-order valence-electron chi connectivity index (χ0n) is 17.6. The van der Waals surface area contributed by atoms with Crippen LogP contribution in [0.5, 0.6) is 0 Å². The van der Waals surface area contributed by atoms with E-state index in [9.17, 15) is 13.2 Å². The number of hydrogen-bond donors (Lipinski definition) is 2. The van der Waals surface area contributed by atoms with Crippen molar-refractivity contribution in [2.24, 2.45) is 0 Å². The fraction of sp³-hybridized carbons (Fsp3) is 0.391. The Labute approximate surface area is 182 Å². The Morgan fingerprint density at radius 2 is 1.87 bits per heavy atom. The van der Waals surface area contributed by atoms with Gasteiger partial charge in [0.05, 0.1) is 11.3 Å². The van der Waals surface area contributed by atoms with Crippen LogP contribution in [0.25, 0.3) is 11.0 Å². The predicted molar refractivity (Wildman–Crippen MR) is 118 cm³/mol. The molecule has 1 fully saturated rings. The van der Waals surface area contributed by atoms with Crippen LogP contribution in [0, 0.1) is 6.92 Å². The molecule has 0 bridgehead atoms. The minimum absolute atomic E-state index is 0.0469. The zero-order chi connectivity index (χ0) is 21.8. The summed E-state index contributed by atoms with van der Waals surface area (Å²) in [6.45, 7) is 2.44. The van der Waals surface area contributed by atoms with Crippen molar-refractivity contribution in [1.29, 1.82) is 0 Å². The zero-order valence-corrected chi connectivity index (χ0v) is 18.4. The number of carbonyl (C=O) groups is 1. The van der Waals surface area contributed by atoms with Crippen LogP contribution in [0.4, 0.5) is 0 Å². The molecule has 7 nitrogen and oxygen atoms in total. The van der Waals surface area contributed by atoms with Gasteiger partial charge in [0.25, 0.3) is 0 Å². The van der Waals surface area contributed by atoms with Crippen LogP contribution in [0.15, 0.2) is 51.9 Å². The molecule has 0 aliphatic heterocycles. The van der Waals surface area contributed by atoms with Crippen LogP contribution in [0.1, 0.15) is 42.5 Å². The number of nitrogens with one attached hydrogen (secondary N) is 2. The summed E-state index contributed by atoms with van der Waals surface area (Å²) >= 11 is 0. The van der Waals surface area contributed by atoms with E-state index in [1.807, 2.05) is 25.1 Å². The highest BCUT2D eigenvalue weighted by Gasteiger charge is 2.22. The van der Waals surface area contributed by atoms with E-state index in [4.69, 9.17) is 4.52 Å². The molecule has 0 unspecified atom stereocenters. The van der Waals surface area contributed by atoms with E-state index in [-0.39, 0.29) is 23.3 Å². The highest BCUT2D eigenvalue weighted by molar-refractivity contribution is 7.89. The quantitative estimate of drug-likeness (QED) is 0.559. The van der Waals surface area contributed by atoms with Gasteiger partial charge >= 0.3 is 0 Å². The minimum Gasteiger partial charge on any atom is -0.356 e. The van der Waals surface area contributed by atoms with Gasteiger partial charge in [-0.1, -0.05) is 41.8 Å². The Kier molecular flexibility index (Phi) is 6.38. The third kappa shape index (κ3) is 5.32. The number of amides is 1. The molecule has 1 aliphatic rings. The second-order valence-corrected chi connectivity index (χ2v) is 9.87. The minimum atomic E-state index is -3.48. The standard InChI is InChI=1S/C23H27N3O4S/c1-16-6-11-22-20(14-16)21(25-30-22)15-23(27)24-13-12-17-7-9-19(10-8-17)31(28,29)26-18-4-2-3-5-18/h6-11,14,18,26H,2-5,12-13,15H2,1H3,(H,24,27). The number of nitrogens with zero attached hydrogens (tertiary/aromatic N) is 1. The van der Waals surface area contributed by atoms with Crippen LogP contribution in [-0.2, 0) is 27.7 Å². The van der Waals surface area contributed by atoms with Gasteiger partial charge in [-0.15, -0.1) is 0 Å². The highest BCUT2D eigenvalue weighted by Crippen LogP contribution is 2.21. The fourth-order valence-corrected chi connectivity index (χ4v) is 5.26. The summed E-state index contributed by atoms with van der Waals surface area (Å²) in [4.78, 5) is 12.6. The fourth-order valence-electron chi connectivity index (χ4n) is 3.96. The summed E-state index contributed by atoms with van der Waals surface area (Å²) in [6.07, 6.45) is 4.72. The van der Waals surface area contributed by atoms with Crippen LogP contribution in [-0.4, -0.2) is 32.1 Å². The highest BCUT2D eigenvalue weighted by atomic mass is 32.2. The molecule has 0 radical (unpaired) electrons. The molecule has 0 saturated heterocycles.